The van der Waals surface area contributed by atoms with Crippen LogP contribution in [-0.2, 0) is 25.9 Å². The minimum Gasteiger partial charge on any atom is -0.376 e. The van der Waals surface area contributed by atoms with E-state index in [9.17, 15) is 13.2 Å². The SMILES string of the molecule is CCN(CC(=O)N(CC1CCCO1)C1CCS(=O)(=O)C1)Cc1cccc(C)c1. The van der Waals surface area contributed by atoms with E-state index in [-0.39, 0.29) is 29.6 Å². The van der Waals surface area contributed by atoms with Crippen molar-refractivity contribution in [1.29, 1.82) is 0 Å². The topological polar surface area (TPSA) is 66.9 Å². The summed E-state index contributed by atoms with van der Waals surface area (Å²) in [7, 11) is -3.04. The highest BCUT2D eigenvalue weighted by atomic mass is 32.2. The molecule has 0 radical (unpaired) electrons. The first-order valence-corrected chi connectivity index (χ1v) is 12.1. The second-order valence-corrected chi connectivity index (χ2v) is 10.3. The molecule has 2 unspecified atom stereocenters. The third-order valence-electron chi connectivity index (χ3n) is 5.69. The van der Waals surface area contributed by atoms with E-state index in [0.29, 0.717) is 26.1 Å². The highest BCUT2D eigenvalue weighted by Gasteiger charge is 2.36. The Morgan fingerprint density at radius 1 is 1.29 bits per heavy atom. The van der Waals surface area contributed by atoms with Gasteiger partial charge in [-0.3, -0.25) is 9.69 Å². The van der Waals surface area contributed by atoms with Crippen LogP contribution in [0, 0.1) is 6.92 Å². The Kier molecular flexibility index (Phi) is 7.12. The summed E-state index contributed by atoms with van der Waals surface area (Å²) >= 11 is 0. The molecule has 1 aromatic rings. The quantitative estimate of drug-likeness (QED) is 0.658. The molecule has 6 nitrogen and oxygen atoms in total. The Balaban J connectivity index is 1.68. The fourth-order valence-electron chi connectivity index (χ4n) is 4.11. The zero-order valence-electron chi connectivity index (χ0n) is 17.0. The van der Waals surface area contributed by atoms with Crippen molar-refractivity contribution in [2.75, 3.05) is 37.7 Å². The summed E-state index contributed by atoms with van der Waals surface area (Å²) in [6.45, 7) is 7.11. The number of sulfone groups is 1. The number of hydrogen-bond donors (Lipinski definition) is 0. The van der Waals surface area contributed by atoms with Gasteiger partial charge in [-0.05, 0) is 38.3 Å². The molecule has 2 fully saturated rings. The van der Waals surface area contributed by atoms with E-state index >= 15 is 0 Å². The summed E-state index contributed by atoms with van der Waals surface area (Å²) in [5, 5.41) is 0. The Morgan fingerprint density at radius 3 is 2.71 bits per heavy atom. The van der Waals surface area contributed by atoms with Gasteiger partial charge in [0, 0.05) is 25.7 Å². The molecule has 1 aromatic carbocycles. The van der Waals surface area contributed by atoms with Crippen LogP contribution in [0.4, 0.5) is 0 Å². The summed E-state index contributed by atoms with van der Waals surface area (Å²) in [5.41, 5.74) is 2.39. The molecule has 3 rings (SSSR count). The van der Waals surface area contributed by atoms with Gasteiger partial charge in [-0.2, -0.15) is 0 Å². The molecule has 0 spiro atoms. The third-order valence-corrected chi connectivity index (χ3v) is 7.44. The lowest BCUT2D eigenvalue weighted by Crippen LogP contribution is -2.49. The van der Waals surface area contributed by atoms with Crippen molar-refractivity contribution in [1.82, 2.24) is 9.80 Å². The molecule has 0 N–H and O–H groups in total. The van der Waals surface area contributed by atoms with Crippen molar-refractivity contribution in [2.24, 2.45) is 0 Å². The molecular formula is C21H32N2O4S. The van der Waals surface area contributed by atoms with Gasteiger partial charge in [0.2, 0.25) is 5.91 Å². The number of benzene rings is 1. The summed E-state index contributed by atoms with van der Waals surface area (Å²) in [6.07, 6.45) is 2.50. The van der Waals surface area contributed by atoms with Gasteiger partial charge in [0.1, 0.15) is 0 Å². The maximum Gasteiger partial charge on any atom is 0.237 e. The number of carbonyl (C=O) groups excluding carboxylic acids is 1. The molecule has 2 saturated heterocycles. The lowest BCUT2D eigenvalue weighted by atomic mass is 10.1. The predicted octanol–water partition coefficient (Wildman–Crippen LogP) is 2.01. The van der Waals surface area contributed by atoms with Crippen LogP contribution in [-0.4, -0.2) is 74.0 Å². The zero-order valence-corrected chi connectivity index (χ0v) is 17.8. The number of aryl methyl sites for hydroxylation is 1. The largest absolute Gasteiger partial charge is 0.376 e. The highest BCUT2D eigenvalue weighted by Crippen LogP contribution is 2.22. The molecule has 156 valence electrons. The van der Waals surface area contributed by atoms with Crippen molar-refractivity contribution < 1.29 is 17.9 Å². The van der Waals surface area contributed by atoms with Gasteiger partial charge >= 0.3 is 0 Å². The number of carbonyl (C=O) groups is 1. The molecule has 2 atom stereocenters. The van der Waals surface area contributed by atoms with E-state index in [1.54, 1.807) is 4.90 Å². The van der Waals surface area contributed by atoms with Crippen LogP contribution in [0.3, 0.4) is 0 Å². The van der Waals surface area contributed by atoms with Gasteiger partial charge < -0.3 is 9.64 Å². The summed E-state index contributed by atoms with van der Waals surface area (Å²) < 4.78 is 29.7. The number of hydrogen-bond acceptors (Lipinski definition) is 5. The maximum atomic E-state index is 13.2. The number of rotatable bonds is 8. The van der Waals surface area contributed by atoms with Gasteiger partial charge in [-0.1, -0.05) is 36.8 Å². The van der Waals surface area contributed by atoms with E-state index in [4.69, 9.17) is 4.74 Å². The summed E-state index contributed by atoms with van der Waals surface area (Å²) in [6, 6.07) is 8.09. The minimum absolute atomic E-state index is 0.00658. The monoisotopic (exact) mass is 408 g/mol. The van der Waals surface area contributed by atoms with Crippen LogP contribution in [0.15, 0.2) is 24.3 Å². The molecule has 2 heterocycles. The van der Waals surface area contributed by atoms with Gasteiger partial charge in [0.25, 0.3) is 0 Å². The Bertz CT molecular complexity index is 774. The fraction of sp³-hybridized carbons (Fsp3) is 0.667. The van der Waals surface area contributed by atoms with E-state index < -0.39 is 9.84 Å². The standard InChI is InChI=1S/C21H32N2O4S/c1-3-22(13-18-7-4-6-17(2)12-18)15-21(24)23(14-20-8-5-10-27-20)19-9-11-28(25,26)16-19/h4,6-7,12,19-20H,3,5,8-11,13-16H2,1-2H3. The molecule has 28 heavy (non-hydrogen) atoms. The molecule has 0 saturated carbocycles. The molecule has 2 aliphatic heterocycles. The molecule has 2 aliphatic rings. The first kappa shape index (κ1) is 21.3. The maximum absolute atomic E-state index is 13.2. The van der Waals surface area contributed by atoms with Crippen LogP contribution < -0.4 is 0 Å². The van der Waals surface area contributed by atoms with Crippen molar-refractivity contribution in [2.45, 2.75) is 51.8 Å². The van der Waals surface area contributed by atoms with E-state index in [1.807, 2.05) is 13.0 Å². The second-order valence-electron chi connectivity index (χ2n) is 8.03. The van der Waals surface area contributed by atoms with Crippen molar-refractivity contribution in [3.05, 3.63) is 35.4 Å². The number of nitrogens with zero attached hydrogens (tertiary/aromatic N) is 2. The van der Waals surface area contributed by atoms with Gasteiger partial charge in [-0.15, -0.1) is 0 Å². The van der Waals surface area contributed by atoms with Crippen molar-refractivity contribution in [3.8, 4) is 0 Å². The Hall–Kier alpha value is -1.44. The molecule has 7 heteroatoms. The van der Waals surface area contributed by atoms with Crippen molar-refractivity contribution >= 4 is 15.7 Å². The van der Waals surface area contributed by atoms with Crippen LogP contribution >= 0.6 is 0 Å². The third kappa shape index (κ3) is 5.78. The average molecular weight is 409 g/mol. The second kappa shape index (κ2) is 9.37. The van der Waals surface area contributed by atoms with Gasteiger partial charge in [0.15, 0.2) is 9.84 Å². The first-order chi connectivity index (χ1) is 13.4. The number of ether oxygens (including phenoxy) is 1. The minimum atomic E-state index is -3.04. The predicted molar refractivity (Wildman–Crippen MR) is 110 cm³/mol. The normalized spacial score (nSPS) is 24.0. The average Bonchev–Trinajstić information content (AvgIpc) is 3.28. The lowest BCUT2D eigenvalue weighted by molar-refractivity contribution is -0.136. The molecule has 0 bridgehead atoms. The van der Waals surface area contributed by atoms with Crippen LogP contribution in [0.1, 0.15) is 37.3 Å². The fourth-order valence-corrected chi connectivity index (χ4v) is 5.84. The summed E-state index contributed by atoms with van der Waals surface area (Å²) in [4.78, 5) is 17.1. The lowest BCUT2D eigenvalue weighted by Gasteiger charge is -2.32. The van der Waals surface area contributed by atoms with Gasteiger partial charge in [-0.25, -0.2) is 8.42 Å². The van der Waals surface area contributed by atoms with E-state index in [2.05, 4.69) is 30.0 Å². The molecular weight excluding hydrogens is 376 g/mol. The molecule has 1 amide bonds. The molecule has 0 aliphatic carbocycles. The van der Waals surface area contributed by atoms with Crippen molar-refractivity contribution in [3.63, 3.8) is 0 Å². The Labute approximate surface area is 168 Å². The number of likely N-dealkylation sites (N-methyl/N-ethyl adjacent to an activating group) is 1. The first-order valence-electron chi connectivity index (χ1n) is 10.3. The number of amides is 1. The van der Waals surface area contributed by atoms with E-state index in [0.717, 1.165) is 26.0 Å². The van der Waals surface area contributed by atoms with Crippen LogP contribution in [0.2, 0.25) is 0 Å². The van der Waals surface area contributed by atoms with Crippen LogP contribution in [0.25, 0.3) is 0 Å². The molecule has 0 aromatic heterocycles. The van der Waals surface area contributed by atoms with Gasteiger partial charge in [0.05, 0.1) is 24.2 Å². The highest BCUT2D eigenvalue weighted by molar-refractivity contribution is 7.91. The Morgan fingerprint density at radius 2 is 2.11 bits per heavy atom. The summed E-state index contributed by atoms with van der Waals surface area (Å²) in [5.74, 6) is 0.260. The smallest absolute Gasteiger partial charge is 0.237 e. The van der Waals surface area contributed by atoms with Crippen LogP contribution in [0.5, 0.6) is 0 Å². The zero-order chi connectivity index (χ0) is 20.1. The van der Waals surface area contributed by atoms with E-state index in [1.165, 1.54) is 11.1 Å².